The molecule has 1 amide bonds. The summed E-state index contributed by atoms with van der Waals surface area (Å²) in [6.07, 6.45) is 5.70. The first kappa shape index (κ1) is 16.7. The number of aryl methyl sites for hydroxylation is 1. The van der Waals surface area contributed by atoms with Gasteiger partial charge < -0.3 is 10.6 Å². The van der Waals surface area contributed by atoms with Crippen molar-refractivity contribution in [1.82, 2.24) is 15.3 Å². The van der Waals surface area contributed by atoms with Gasteiger partial charge in [-0.3, -0.25) is 4.79 Å². The highest BCUT2D eigenvalue weighted by Crippen LogP contribution is 2.20. The third-order valence-electron chi connectivity index (χ3n) is 4.11. The Morgan fingerprint density at radius 1 is 1.17 bits per heavy atom. The molecule has 1 aromatic heterocycles. The van der Waals surface area contributed by atoms with Crippen LogP contribution in [0.3, 0.4) is 0 Å². The number of hydrogen-bond acceptors (Lipinski definition) is 4. The van der Waals surface area contributed by atoms with Gasteiger partial charge in [0, 0.05) is 22.4 Å². The summed E-state index contributed by atoms with van der Waals surface area (Å²) in [4.78, 5) is 21.2. The third kappa shape index (κ3) is 4.45. The van der Waals surface area contributed by atoms with Crippen LogP contribution in [-0.2, 0) is 0 Å². The standard InChI is InChI=1S/C18H21ClN4O/c1-12-10-16(17(24)21-14-7-3-2-4-8-14)23-18(20-12)22-15-9-5-6-13(19)11-15/h5-6,9-11,14H,2-4,7-8H2,1H3,(H,21,24)(H,20,22,23). The second kappa shape index (κ2) is 7.62. The van der Waals surface area contributed by atoms with Crippen LogP contribution in [0.25, 0.3) is 0 Å². The smallest absolute Gasteiger partial charge is 0.270 e. The molecule has 0 unspecified atom stereocenters. The summed E-state index contributed by atoms with van der Waals surface area (Å²) in [5.74, 6) is 0.257. The maximum absolute atomic E-state index is 12.5. The van der Waals surface area contributed by atoms with Crippen LogP contribution in [0.1, 0.15) is 48.3 Å². The second-order valence-corrected chi connectivity index (χ2v) is 6.60. The minimum absolute atomic E-state index is 0.137. The van der Waals surface area contributed by atoms with Crippen LogP contribution < -0.4 is 10.6 Å². The summed E-state index contributed by atoms with van der Waals surface area (Å²) >= 11 is 5.99. The maximum atomic E-state index is 12.5. The van der Waals surface area contributed by atoms with E-state index in [2.05, 4.69) is 20.6 Å². The average molecular weight is 345 g/mol. The fourth-order valence-corrected chi connectivity index (χ4v) is 3.13. The van der Waals surface area contributed by atoms with E-state index in [0.29, 0.717) is 16.7 Å². The monoisotopic (exact) mass is 344 g/mol. The molecular weight excluding hydrogens is 324 g/mol. The Bertz CT molecular complexity index is 729. The highest BCUT2D eigenvalue weighted by atomic mass is 35.5. The van der Waals surface area contributed by atoms with Gasteiger partial charge in [0.05, 0.1) is 0 Å². The lowest BCUT2D eigenvalue weighted by molar-refractivity contribution is 0.0922. The molecule has 0 bridgehead atoms. The molecule has 0 atom stereocenters. The lowest BCUT2D eigenvalue weighted by atomic mass is 9.95. The molecule has 24 heavy (non-hydrogen) atoms. The molecule has 1 saturated carbocycles. The number of anilines is 2. The van der Waals surface area contributed by atoms with Crippen molar-refractivity contribution < 1.29 is 4.79 Å². The topological polar surface area (TPSA) is 66.9 Å². The molecule has 6 heteroatoms. The van der Waals surface area contributed by atoms with Gasteiger partial charge in [-0.15, -0.1) is 0 Å². The van der Waals surface area contributed by atoms with Gasteiger partial charge in [-0.2, -0.15) is 0 Å². The Morgan fingerprint density at radius 3 is 2.71 bits per heavy atom. The number of rotatable bonds is 4. The molecule has 5 nitrogen and oxygen atoms in total. The minimum Gasteiger partial charge on any atom is -0.348 e. The summed E-state index contributed by atoms with van der Waals surface area (Å²) in [5, 5.41) is 6.81. The van der Waals surface area contributed by atoms with Gasteiger partial charge in [0.25, 0.3) is 5.91 Å². The minimum atomic E-state index is -0.137. The van der Waals surface area contributed by atoms with Crippen LogP contribution in [0.15, 0.2) is 30.3 Å². The molecule has 1 aliphatic carbocycles. The van der Waals surface area contributed by atoms with Gasteiger partial charge in [-0.1, -0.05) is 36.9 Å². The van der Waals surface area contributed by atoms with E-state index in [1.807, 2.05) is 19.1 Å². The molecule has 2 N–H and O–H groups in total. The van der Waals surface area contributed by atoms with E-state index in [9.17, 15) is 4.79 Å². The average Bonchev–Trinajstić information content (AvgIpc) is 2.55. The van der Waals surface area contributed by atoms with Gasteiger partial charge in [-0.05, 0) is 44.0 Å². The van der Waals surface area contributed by atoms with Crippen molar-refractivity contribution in [3.63, 3.8) is 0 Å². The van der Waals surface area contributed by atoms with Crippen molar-refractivity contribution in [3.8, 4) is 0 Å². The zero-order chi connectivity index (χ0) is 16.9. The van der Waals surface area contributed by atoms with E-state index >= 15 is 0 Å². The first-order chi connectivity index (χ1) is 11.6. The highest BCUT2D eigenvalue weighted by molar-refractivity contribution is 6.30. The van der Waals surface area contributed by atoms with Crippen molar-refractivity contribution in [2.75, 3.05) is 5.32 Å². The summed E-state index contributed by atoms with van der Waals surface area (Å²) in [7, 11) is 0. The molecule has 126 valence electrons. The Kier molecular flexibility index (Phi) is 5.30. The zero-order valence-electron chi connectivity index (χ0n) is 13.7. The molecule has 0 radical (unpaired) electrons. The van der Waals surface area contributed by atoms with Crippen LogP contribution in [0.4, 0.5) is 11.6 Å². The normalized spacial score (nSPS) is 15.1. The van der Waals surface area contributed by atoms with Crippen molar-refractivity contribution in [2.24, 2.45) is 0 Å². The summed E-state index contributed by atoms with van der Waals surface area (Å²) < 4.78 is 0. The summed E-state index contributed by atoms with van der Waals surface area (Å²) in [5.41, 5.74) is 1.91. The lowest BCUT2D eigenvalue weighted by Gasteiger charge is -2.22. The predicted molar refractivity (Wildman–Crippen MR) is 95.8 cm³/mol. The Morgan fingerprint density at radius 2 is 1.96 bits per heavy atom. The first-order valence-electron chi connectivity index (χ1n) is 8.29. The Labute approximate surface area is 146 Å². The molecule has 1 heterocycles. The number of carbonyl (C=O) groups excluding carboxylic acids is 1. The van der Waals surface area contributed by atoms with Gasteiger partial charge >= 0.3 is 0 Å². The maximum Gasteiger partial charge on any atom is 0.270 e. The van der Waals surface area contributed by atoms with E-state index < -0.39 is 0 Å². The second-order valence-electron chi connectivity index (χ2n) is 6.16. The van der Waals surface area contributed by atoms with E-state index in [0.717, 1.165) is 24.2 Å². The van der Waals surface area contributed by atoms with Crippen LogP contribution in [0.5, 0.6) is 0 Å². The third-order valence-corrected chi connectivity index (χ3v) is 4.34. The van der Waals surface area contributed by atoms with E-state index in [-0.39, 0.29) is 11.9 Å². The fourth-order valence-electron chi connectivity index (χ4n) is 2.94. The fraction of sp³-hybridized carbons (Fsp3) is 0.389. The molecule has 0 aliphatic heterocycles. The van der Waals surface area contributed by atoms with Gasteiger partial charge in [0.1, 0.15) is 5.69 Å². The molecule has 0 saturated heterocycles. The molecule has 3 rings (SSSR count). The van der Waals surface area contributed by atoms with Crippen LogP contribution >= 0.6 is 11.6 Å². The van der Waals surface area contributed by atoms with Crippen molar-refractivity contribution in [3.05, 3.63) is 46.7 Å². The van der Waals surface area contributed by atoms with E-state index in [1.54, 1.807) is 18.2 Å². The lowest BCUT2D eigenvalue weighted by Crippen LogP contribution is -2.36. The molecule has 0 spiro atoms. The number of hydrogen-bond donors (Lipinski definition) is 2. The van der Waals surface area contributed by atoms with E-state index in [4.69, 9.17) is 11.6 Å². The number of amides is 1. The molecular formula is C18H21ClN4O. The Balaban J connectivity index is 1.74. The molecule has 2 aromatic rings. The number of halogens is 1. The van der Waals surface area contributed by atoms with Crippen LogP contribution in [0.2, 0.25) is 5.02 Å². The van der Waals surface area contributed by atoms with Crippen LogP contribution in [0, 0.1) is 6.92 Å². The van der Waals surface area contributed by atoms with Crippen molar-refractivity contribution in [2.45, 2.75) is 45.1 Å². The van der Waals surface area contributed by atoms with Gasteiger partial charge in [0.2, 0.25) is 5.95 Å². The predicted octanol–water partition coefficient (Wildman–Crippen LogP) is 4.24. The van der Waals surface area contributed by atoms with Gasteiger partial charge in [-0.25, -0.2) is 9.97 Å². The number of nitrogens with zero attached hydrogens (tertiary/aromatic N) is 2. The highest BCUT2D eigenvalue weighted by Gasteiger charge is 2.18. The number of benzene rings is 1. The molecule has 1 aliphatic rings. The Hall–Kier alpha value is -2.14. The van der Waals surface area contributed by atoms with Crippen molar-refractivity contribution >= 4 is 29.1 Å². The largest absolute Gasteiger partial charge is 0.348 e. The molecule has 1 aromatic carbocycles. The summed E-state index contributed by atoms with van der Waals surface area (Å²) in [6, 6.07) is 9.27. The number of aromatic nitrogens is 2. The SMILES string of the molecule is Cc1cc(C(=O)NC2CCCCC2)nc(Nc2cccc(Cl)c2)n1. The number of carbonyl (C=O) groups is 1. The quantitative estimate of drug-likeness (QED) is 0.870. The first-order valence-corrected chi connectivity index (χ1v) is 8.67. The van der Waals surface area contributed by atoms with E-state index in [1.165, 1.54) is 19.3 Å². The summed E-state index contributed by atoms with van der Waals surface area (Å²) in [6.45, 7) is 1.85. The van der Waals surface area contributed by atoms with Crippen molar-refractivity contribution in [1.29, 1.82) is 0 Å². The number of nitrogens with one attached hydrogen (secondary N) is 2. The van der Waals surface area contributed by atoms with Crippen LogP contribution in [-0.4, -0.2) is 21.9 Å². The molecule has 1 fully saturated rings. The zero-order valence-corrected chi connectivity index (χ0v) is 14.4. The van der Waals surface area contributed by atoms with Gasteiger partial charge in [0.15, 0.2) is 0 Å².